The highest BCUT2D eigenvalue weighted by molar-refractivity contribution is 5.85. The van der Waals surface area contributed by atoms with Crippen LogP contribution in [0.2, 0.25) is 0 Å². The van der Waals surface area contributed by atoms with E-state index in [1.54, 1.807) is 0 Å². The van der Waals surface area contributed by atoms with Gasteiger partial charge in [-0.3, -0.25) is 4.99 Å². The molecule has 1 N–H and O–H groups in total. The normalized spacial score (nSPS) is 11.4. The quantitative estimate of drug-likeness (QED) is 0.643. The zero-order valence-corrected chi connectivity index (χ0v) is 10.2. The third-order valence-electron chi connectivity index (χ3n) is 2.98. The Labute approximate surface area is 106 Å². The van der Waals surface area contributed by atoms with Crippen LogP contribution in [0, 0.1) is 6.92 Å². The Morgan fingerprint density at radius 1 is 1.00 bits per heavy atom. The maximum Gasteiger partial charge on any atom is 0.0650 e. The van der Waals surface area contributed by atoms with Crippen molar-refractivity contribution in [2.45, 2.75) is 6.92 Å². The van der Waals surface area contributed by atoms with Gasteiger partial charge in [0.2, 0.25) is 0 Å². The van der Waals surface area contributed by atoms with Crippen molar-refractivity contribution in [3.8, 4) is 0 Å². The lowest BCUT2D eigenvalue weighted by Crippen LogP contribution is -1.80. The molecule has 0 aliphatic carbocycles. The van der Waals surface area contributed by atoms with Crippen LogP contribution in [0.5, 0.6) is 0 Å². The Morgan fingerprint density at radius 2 is 1.83 bits per heavy atom. The number of aromatic amines is 1. The van der Waals surface area contributed by atoms with E-state index in [1.807, 2.05) is 18.5 Å². The first-order valence-corrected chi connectivity index (χ1v) is 5.99. The van der Waals surface area contributed by atoms with E-state index in [2.05, 4.69) is 59.4 Å². The molecule has 0 saturated carbocycles. The van der Waals surface area contributed by atoms with Crippen molar-refractivity contribution in [2.75, 3.05) is 0 Å². The SMILES string of the molecule is Cc1ccc(C=Nc2ccc3cc[nH]c3c2)cc1. The van der Waals surface area contributed by atoms with Crippen LogP contribution >= 0.6 is 0 Å². The van der Waals surface area contributed by atoms with E-state index < -0.39 is 0 Å². The van der Waals surface area contributed by atoms with Crippen LogP contribution in [0.15, 0.2) is 59.7 Å². The molecule has 0 saturated heterocycles. The summed E-state index contributed by atoms with van der Waals surface area (Å²) in [6.07, 6.45) is 3.84. The lowest BCUT2D eigenvalue weighted by atomic mass is 10.2. The molecule has 1 heterocycles. The summed E-state index contributed by atoms with van der Waals surface area (Å²) < 4.78 is 0. The fraction of sp³-hybridized carbons (Fsp3) is 0.0625. The maximum absolute atomic E-state index is 4.49. The van der Waals surface area contributed by atoms with Gasteiger partial charge >= 0.3 is 0 Å². The van der Waals surface area contributed by atoms with E-state index in [9.17, 15) is 0 Å². The number of fused-ring (bicyclic) bond motifs is 1. The monoisotopic (exact) mass is 234 g/mol. The summed E-state index contributed by atoms with van der Waals surface area (Å²) in [6, 6.07) is 16.6. The molecule has 88 valence electrons. The van der Waals surface area contributed by atoms with Crippen LogP contribution in [0.3, 0.4) is 0 Å². The summed E-state index contributed by atoms with van der Waals surface area (Å²) >= 11 is 0. The van der Waals surface area contributed by atoms with Crippen molar-refractivity contribution in [1.29, 1.82) is 0 Å². The summed E-state index contributed by atoms with van der Waals surface area (Å²) in [4.78, 5) is 7.68. The van der Waals surface area contributed by atoms with Gasteiger partial charge in [-0.15, -0.1) is 0 Å². The molecule has 1 aromatic heterocycles. The predicted octanol–water partition coefficient (Wildman–Crippen LogP) is 4.23. The third kappa shape index (κ3) is 2.18. The van der Waals surface area contributed by atoms with Crippen LogP contribution in [-0.4, -0.2) is 11.2 Å². The molecule has 2 aromatic carbocycles. The van der Waals surface area contributed by atoms with Crippen LogP contribution in [0.1, 0.15) is 11.1 Å². The van der Waals surface area contributed by atoms with Gasteiger partial charge < -0.3 is 4.98 Å². The van der Waals surface area contributed by atoms with Gasteiger partial charge in [0.05, 0.1) is 5.69 Å². The Morgan fingerprint density at radius 3 is 2.67 bits per heavy atom. The van der Waals surface area contributed by atoms with Gasteiger partial charge in [-0.25, -0.2) is 0 Å². The first kappa shape index (κ1) is 10.8. The number of aliphatic imine (C=N–C) groups is 1. The van der Waals surface area contributed by atoms with Gasteiger partial charge in [0, 0.05) is 17.9 Å². The number of rotatable bonds is 2. The van der Waals surface area contributed by atoms with Crippen molar-refractivity contribution in [3.05, 3.63) is 65.9 Å². The Bertz CT molecular complexity index is 690. The zero-order chi connectivity index (χ0) is 12.4. The first-order chi connectivity index (χ1) is 8.81. The van der Waals surface area contributed by atoms with Crippen LogP contribution in [0.25, 0.3) is 10.9 Å². The first-order valence-electron chi connectivity index (χ1n) is 5.99. The molecule has 0 atom stereocenters. The number of aromatic nitrogens is 1. The molecule has 0 aliphatic heterocycles. The molecular formula is C16H14N2. The van der Waals surface area contributed by atoms with Gasteiger partial charge in [-0.05, 0) is 36.1 Å². The molecule has 0 bridgehead atoms. The average Bonchev–Trinajstić information content (AvgIpc) is 2.85. The Balaban J connectivity index is 1.88. The summed E-state index contributed by atoms with van der Waals surface area (Å²) in [6.45, 7) is 2.08. The highest BCUT2D eigenvalue weighted by atomic mass is 14.7. The molecule has 0 spiro atoms. The van der Waals surface area contributed by atoms with E-state index >= 15 is 0 Å². The molecule has 0 unspecified atom stereocenters. The predicted molar refractivity (Wildman–Crippen MR) is 76.7 cm³/mol. The fourth-order valence-corrected chi connectivity index (χ4v) is 1.92. The van der Waals surface area contributed by atoms with E-state index in [0.29, 0.717) is 0 Å². The maximum atomic E-state index is 4.49. The van der Waals surface area contributed by atoms with Crippen molar-refractivity contribution in [1.82, 2.24) is 4.98 Å². The topological polar surface area (TPSA) is 28.1 Å². The van der Waals surface area contributed by atoms with E-state index in [1.165, 1.54) is 10.9 Å². The summed E-state index contributed by atoms with van der Waals surface area (Å²) in [7, 11) is 0. The average molecular weight is 234 g/mol. The third-order valence-corrected chi connectivity index (χ3v) is 2.98. The Hall–Kier alpha value is -2.35. The number of H-pyrrole nitrogens is 1. The Kier molecular flexibility index (Phi) is 2.69. The number of aryl methyl sites for hydroxylation is 1. The fourth-order valence-electron chi connectivity index (χ4n) is 1.92. The molecular weight excluding hydrogens is 220 g/mol. The largest absolute Gasteiger partial charge is 0.361 e. The van der Waals surface area contributed by atoms with E-state index in [0.717, 1.165) is 16.8 Å². The molecule has 3 aromatic rings. The lowest BCUT2D eigenvalue weighted by Gasteiger charge is -1.96. The second kappa shape index (κ2) is 4.49. The van der Waals surface area contributed by atoms with Crippen molar-refractivity contribution >= 4 is 22.8 Å². The highest BCUT2D eigenvalue weighted by Gasteiger charge is 1.95. The van der Waals surface area contributed by atoms with Crippen molar-refractivity contribution in [3.63, 3.8) is 0 Å². The van der Waals surface area contributed by atoms with Gasteiger partial charge in [-0.1, -0.05) is 35.9 Å². The van der Waals surface area contributed by atoms with Crippen LogP contribution in [-0.2, 0) is 0 Å². The molecule has 0 radical (unpaired) electrons. The molecule has 0 amide bonds. The molecule has 2 heteroatoms. The van der Waals surface area contributed by atoms with Gasteiger partial charge in [0.1, 0.15) is 0 Å². The molecule has 2 nitrogen and oxygen atoms in total. The van der Waals surface area contributed by atoms with E-state index in [-0.39, 0.29) is 0 Å². The van der Waals surface area contributed by atoms with Crippen molar-refractivity contribution < 1.29 is 0 Å². The smallest absolute Gasteiger partial charge is 0.0650 e. The highest BCUT2D eigenvalue weighted by Crippen LogP contribution is 2.19. The molecule has 0 fully saturated rings. The standard InChI is InChI=1S/C16H14N2/c1-12-2-4-13(5-3-12)11-18-15-7-6-14-8-9-17-16(14)10-15/h2-11,17H,1H3. The minimum Gasteiger partial charge on any atom is -0.361 e. The van der Waals surface area contributed by atoms with E-state index in [4.69, 9.17) is 0 Å². The minimum atomic E-state index is 0.963. The number of hydrogen-bond acceptors (Lipinski definition) is 1. The summed E-state index contributed by atoms with van der Waals surface area (Å²) in [5.74, 6) is 0. The van der Waals surface area contributed by atoms with Gasteiger partial charge in [0.25, 0.3) is 0 Å². The minimum absolute atomic E-state index is 0.963. The lowest BCUT2D eigenvalue weighted by molar-refractivity contribution is 1.45. The number of nitrogens with zero attached hydrogens (tertiary/aromatic N) is 1. The molecule has 18 heavy (non-hydrogen) atoms. The van der Waals surface area contributed by atoms with Crippen LogP contribution in [0.4, 0.5) is 5.69 Å². The number of hydrogen-bond donors (Lipinski definition) is 1. The summed E-state index contributed by atoms with van der Waals surface area (Å²) in [5.41, 5.74) is 4.46. The number of nitrogens with one attached hydrogen (secondary N) is 1. The van der Waals surface area contributed by atoms with Crippen LogP contribution < -0.4 is 0 Å². The second-order valence-electron chi connectivity index (χ2n) is 4.42. The molecule has 3 rings (SSSR count). The van der Waals surface area contributed by atoms with Gasteiger partial charge in [0.15, 0.2) is 0 Å². The second-order valence-corrected chi connectivity index (χ2v) is 4.42. The number of benzene rings is 2. The zero-order valence-electron chi connectivity index (χ0n) is 10.2. The summed E-state index contributed by atoms with van der Waals surface area (Å²) in [5, 5.41) is 1.21. The van der Waals surface area contributed by atoms with Gasteiger partial charge in [-0.2, -0.15) is 0 Å². The van der Waals surface area contributed by atoms with Crippen molar-refractivity contribution in [2.24, 2.45) is 4.99 Å². The molecule has 0 aliphatic rings.